The second-order valence-electron chi connectivity index (χ2n) is 7.19. The van der Waals surface area contributed by atoms with Gasteiger partial charge >= 0.3 is 0 Å². The molecule has 0 fully saturated rings. The number of fused-ring (bicyclic) bond motifs is 8. The molecular formula is C23H13FN4O2. The number of rotatable bonds is 1. The Morgan fingerprint density at radius 1 is 0.833 bits per heavy atom. The van der Waals surface area contributed by atoms with Crippen molar-refractivity contribution in [2.75, 3.05) is 4.90 Å². The summed E-state index contributed by atoms with van der Waals surface area (Å²) in [5.41, 5.74) is 2.79. The fourth-order valence-corrected chi connectivity index (χ4v) is 4.19. The van der Waals surface area contributed by atoms with Crippen LogP contribution in [-0.4, -0.2) is 20.7 Å². The van der Waals surface area contributed by atoms with Gasteiger partial charge in [-0.25, -0.2) is 9.07 Å². The van der Waals surface area contributed by atoms with Gasteiger partial charge in [-0.05, 0) is 42.5 Å². The van der Waals surface area contributed by atoms with Crippen molar-refractivity contribution in [1.29, 1.82) is 0 Å². The van der Waals surface area contributed by atoms with Crippen LogP contribution < -0.4 is 10.5 Å². The molecular weight excluding hydrogens is 383 g/mol. The molecule has 7 heteroatoms. The van der Waals surface area contributed by atoms with E-state index in [4.69, 9.17) is 0 Å². The summed E-state index contributed by atoms with van der Waals surface area (Å²) in [5.74, 6) is -0.134. The Morgan fingerprint density at radius 3 is 2.33 bits per heavy atom. The molecule has 0 aliphatic carbocycles. The van der Waals surface area contributed by atoms with Crippen molar-refractivity contribution < 1.29 is 9.18 Å². The fourth-order valence-electron chi connectivity index (χ4n) is 4.19. The predicted molar refractivity (Wildman–Crippen MR) is 109 cm³/mol. The van der Waals surface area contributed by atoms with Gasteiger partial charge in [0.05, 0.1) is 5.69 Å². The van der Waals surface area contributed by atoms with E-state index < -0.39 is 17.5 Å². The van der Waals surface area contributed by atoms with E-state index in [9.17, 15) is 14.0 Å². The lowest BCUT2D eigenvalue weighted by molar-refractivity contribution is 0.0986. The summed E-state index contributed by atoms with van der Waals surface area (Å²) >= 11 is 0. The van der Waals surface area contributed by atoms with Crippen LogP contribution in [0.4, 0.5) is 10.1 Å². The quantitative estimate of drug-likeness (QED) is 0.493. The molecule has 0 bridgehead atoms. The summed E-state index contributed by atoms with van der Waals surface area (Å²) in [6.45, 7) is 0. The Labute approximate surface area is 169 Å². The summed E-state index contributed by atoms with van der Waals surface area (Å²) in [6.07, 6.45) is -0.550. The zero-order valence-electron chi connectivity index (χ0n) is 15.5. The van der Waals surface area contributed by atoms with E-state index >= 15 is 0 Å². The van der Waals surface area contributed by atoms with Crippen LogP contribution in [-0.2, 0) is 0 Å². The zero-order valence-corrected chi connectivity index (χ0v) is 15.5. The van der Waals surface area contributed by atoms with Gasteiger partial charge in [-0.15, -0.1) is 0 Å². The number of anilines is 1. The summed E-state index contributed by atoms with van der Waals surface area (Å²) < 4.78 is 15.0. The lowest BCUT2D eigenvalue weighted by atomic mass is 10.1. The summed E-state index contributed by atoms with van der Waals surface area (Å²) in [6, 6.07) is 20.2. The molecule has 6 rings (SSSR count). The molecule has 2 aliphatic rings. The zero-order chi connectivity index (χ0) is 20.4. The van der Waals surface area contributed by atoms with Gasteiger partial charge in [-0.2, -0.15) is 10.1 Å². The number of benzene rings is 3. The summed E-state index contributed by atoms with van der Waals surface area (Å²) in [4.78, 5) is 32.1. The first-order valence-electron chi connectivity index (χ1n) is 9.42. The van der Waals surface area contributed by atoms with Crippen molar-refractivity contribution in [3.63, 3.8) is 0 Å². The number of para-hydroxylation sites is 1. The topological polar surface area (TPSA) is 68.1 Å². The highest BCUT2D eigenvalue weighted by Crippen LogP contribution is 2.46. The van der Waals surface area contributed by atoms with Gasteiger partial charge in [0.1, 0.15) is 5.82 Å². The van der Waals surface area contributed by atoms with Crippen LogP contribution in [0.1, 0.15) is 22.1 Å². The van der Waals surface area contributed by atoms with E-state index in [2.05, 4.69) is 10.1 Å². The highest BCUT2D eigenvalue weighted by Gasteiger charge is 2.44. The van der Waals surface area contributed by atoms with Gasteiger partial charge in [0.2, 0.25) is 0 Å². The van der Waals surface area contributed by atoms with E-state index in [-0.39, 0.29) is 11.6 Å². The molecule has 1 amide bonds. The average Bonchev–Trinajstić information content (AvgIpc) is 3.07. The molecule has 1 atom stereocenters. The van der Waals surface area contributed by atoms with E-state index in [1.54, 1.807) is 15.6 Å². The number of amides is 1. The molecule has 144 valence electrons. The molecule has 3 heterocycles. The van der Waals surface area contributed by atoms with Crippen LogP contribution in [0, 0.1) is 5.82 Å². The third-order valence-corrected chi connectivity index (χ3v) is 5.52. The third kappa shape index (κ3) is 2.17. The summed E-state index contributed by atoms with van der Waals surface area (Å²) in [7, 11) is 0. The molecule has 4 aromatic rings. The van der Waals surface area contributed by atoms with E-state index in [0.717, 1.165) is 5.56 Å². The van der Waals surface area contributed by atoms with Crippen LogP contribution in [0.25, 0.3) is 22.6 Å². The van der Waals surface area contributed by atoms with Crippen LogP contribution in [0.2, 0.25) is 0 Å². The monoisotopic (exact) mass is 396 g/mol. The standard InChI is InChI=1S/C23H13FN4O2/c24-14-11-9-13(10-12-14)19-21(29)25-20-17-7-3-4-8-18(17)27-22(28(20)26-19)15-5-1-2-6-16(15)23(27)30/h1-12,22H. The Balaban J connectivity index is 1.67. The van der Waals surface area contributed by atoms with Crippen molar-refractivity contribution in [2.45, 2.75) is 6.17 Å². The van der Waals surface area contributed by atoms with Crippen molar-refractivity contribution >= 4 is 11.6 Å². The predicted octanol–water partition coefficient (Wildman–Crippen LogP) is 3.63. The van der Waals surface area contributed by atoms with Gasteiger partial charge in [0, 0.05) is 22.3 Å². The number of carbonyl (C=O) groups is 1. The molecule has 1 aromatic heterocycles. The van der Waals surface area contributed by atoms with Crippen molar-refractivity contribution in [3.05, 3.63) is 100 Å². The first-order valence-corrected chi connectivity index (χ1v) is 9.42. The lowest BCUT2D eigenvalue weighted by Gasteiger charge is -2.34. The maximum atomic E-state index is 13.4. The molecule has 3 aromatic carbocycles. The SMILES string of the molecule is O=C1c2ccccc2C2N1c1ccccc1-c1nc(=O)c(-c3ccc(F)cc3)nn12. The number of aromatic nitrogens is 3. The smallest absolute Gasteiger partial charge is 0.280 e. The highest BCUT2D eigenvalue weighted by molar-refractivity contribution is 6.13. The van der Waals surface area contributed by atoms with Crippen molar-refractivity contribution in [2.24, 2.45) is 0 Å². The number of hydrogen-bond acceptors (Lipinski definition) is 4. The molecule has 0 spiro atoms. The van der Waals surface area contributed by atoms with E-state index in [1.807, 2.05) is 42.5 Å². The van der Waals surface area contributed by atoms with Crippen molar-refractivity contribution in [1.82, 2.24) is 14.8 Å². The van der Waals surface area contributed by atoms with E-state index in [1.165, 1.54) is 24.3 Å². The minimum absolute atomic E-state index is 0.106. The minimum atomic E-state index is -0.550. The molecule has 6 nitrogen and oxygen atoms in total. The van der Waals surface area contributed by atoms with Gasteiger partial charge in [0.25, 0.3) is 11.5 Å². The van der Waals surface area contributed by atoms with Crippen LogP contribution in [0.15, 0.2) is 77.6 Å². The third-order valence-electron chi connectivity index (χ3n) is 5.52. The first-order chi connectivity index (χ1) is 14.6. The highest BCUT2D eigenvalue weighted by atomic mass is 19.1. The normalized spacial score (nSPS) is 16.0. The molecule has 0 radical (unpaired) electrons. The second-order valence-corrected chi connectivity index (χ2v) is 7.19. The first kappa shape index (κ1) is 16.8. The van der Waals surface area contributed by atoms with Gasteiger partial charge in [0.15, 0.2) is 17.7 Å². The van der Waals surface area contributed by atoms with Gasteiger partial charge in [-0.3, -0.25) is 14.5 Å². The molecule has 1 unspecified atom stereocenters. The number of hydrogen-bond donors (Lipinski definition) is 0. The molecule has 2 aliphatic heterocycles. The Kier molecular flexibility index (Phi) is 3.32. The maximum Gasteiger partial charge on any atom is 0.300 e. The van der Waals surface area contributed by atoms with Crippen LogP contribution in [0.3, 0.4) is 0 Å². The minimum Gasteiger partial charge on any atom is -0.280 e. The largest absolute Gasteiger partial charge is 0.300 e. The maximum absolute atomic E-state index is 13.4. The van der Waals surface area contributed by atoms with Gasteiger partial charge < -0.3 is 0 Å². The lowest BCUT2D eigenvalue weighted by Crippen LogP contribution is -2.39. The molecule has 0 saturated heterocycles. The average molecular weight is 396 g/mol. The summed E-state index contributed by atoms with van der Waals surface area (Å²) in [5, 5.41) is 4.61. The molecule has 0 saturated carbocycles. The Morgan fingerprint density at radius 2 is 1.53 bits per heavy atom. The number of carbonyl (C=O) groups excluding carboxylic acids is 1. The number of halogens is 1. The van der Waals surface area contributed by atoms with Crippen LogP contribution in [0.5, 0.6) is 0 Å². The molecule has 0 N–H and O–H groups in total. The van der Waals surface area contributed by atoms with E-state index in [0.29, 0.717) is 28.2 Å². The second kappa shape index (κ2) is 5.93. The fraction of sp³-hybridized carbons (Fsp3) is 0.0435. The van der Waals surface area contributed by atoms with Crippen molar-refractivity contribution in [3.8, 4) is 22.6 Å². The molecule has 30 heavy (non-hydrogen) atoms. The number of nitrogens with zero attached hydrogens (tertiary/aromatic N) is 4. The Hall–Kier alpha value is -4.13. The Bertz CT molecular complexity index is 1410. The van der Waals surface area contributed by atoms with Crippen LogP contribution >= 0.6 is 0 Å². The van der Waals surface area contributed by atoms with Gasteiger partial charge in [-0.1, -0.05) is 30.3 Å².